The van der Waals surface area contributed by atoms with Gasteiger partial charge < -0.3 is 20.1 Å². The van der Waals surface area contributed by atoms with E-state index >= 15 is 0 Å². The van der Waals surface area contributed by atoms with Crippen LogP contribution in [0.15, 0.2) is 71.7 Å². The Balaban J connectivity index is 1.87. The molecule has 0 spiro atoms. The molecule has 0 fully saturated rings. The van der Waals surface area contributed by atoms with E-state index < -0.39 is 0 Å². The highest BCUT2D eigenvalue weighted by Gasteiger charge is 2.26. The third kappa shape index (κ3) is 4.22. The first kappa shape index (κ1) is 20.8. The average molecular weight is 416 g/mol. The quantitative estimate of drug-likeness (QED) is 0.599. The van der Waals surface area contributed by atoms with E-state index in [9.17, 15) is 0 Å². The molecule has 2 N–H and O–H groups in total. The summed E-state index contributed by atoms with van der Waals surface area (Å²) < 4.78 is 11.2. The summed E-state index contributed by atoms with van der Waals surface area (Å²) in [5.74, 6) is 1.42. The molecule has 1 atom stereocenters. The van der Waals surface area contributed by atoms with E-state index in [-0.39, 0.29) is 6.04 Å². The second kappa shape index (κ2) is 9.13. The van der Waals surface area contributed by atoms with E-state index in [1.807, 2.05) is 42.5 Å². The van der Waals surface area contributed by atoms with Crippen molar-refractivity contribution in [2.45, 2.75) is 19.4 Å². The van der Waals surface area contributed by atoms with Crippen LogP contribution in [0.4, 0.5) is 11.4 Å². The topological polar surface area (TPSA) is 60.1 Å². The summed E-state index contributed by atoms with van der Waals surface area (Å²) >= 11 is 0. The molecule has 5 nitrogen and oxygen atoms in total. The number of aliphatic imine (C=N–C) groups is 1. The van der Waals surface area contributed by atoms with Gasteiger partial charge in [-0.2, -0.15) is 0 Å². The van der Waals surface area contributed by atoms with E-state index in [4.69, 9.17) is 20.2 Å². The first-order chi connectivity index (χ1) is 15.1. The van der Waals surface area contributed by atoms with E-state index in [0.717, 1.165) is 59.0 Å². The Morgan fingerprint density at radius 2 is 1.65 bits per heavy atom. The fourth-order valence-electron chi connectivity index (χ4n) is 4.17. The number of fused-ring (bicyclic) bond motifs is 1. The second-order valence-electron chi connectivity index (χ2n) is 7.66. The zero-order valence-corrected chi connectivity index (χ0v) is 18.3. The van der Waals surface area contributed by atoms with Gasteiger partial charge >= 0.3 is 0 Å². The molecule has 3 aromatic rings. The molecule has 0 saturated carbocycles. The van der Waals surface area contributed by atoms with Crippen molar-refractivity contribution in [3.63, 3.8) is 0 Å². The van der Waals surface area contributed by atoms with Crippen LogP contribution in [0.1, 0.15) is 23.6 Å². The maximum Gasteiger partial charge on any atom is 0.162 e. The van der Waals surface area contributed by atoms with E-state index in [1.54, 1.807) is 14.2 Å². The minimum atomic E-state index is 0.0595. The zero-order valence-electron chi connectivity index (χ0n) is 18.3. The number of anilines is 2. The van der Waals surface area contributed by atoms with E-state index in [1.165, 1.54) is 0 Å². The molecule has 1 aliphatic rings. The summed E-state index contributed by atoms with van der Waals surface area (Å²) in [4.78, 5) is 7.64. The van der Waals surface area contributed by atoms with Crippen LogP contribution in [-0.2, 0) is 6.42 Å². The third-order valence-electron chi connectivity index (χ3n) is 5.78. The van der Waals surface area contributed by atoms with Crippen molar-refractivity contribution in [2.24, 2.45) is 4.99 Å². The maximum absolute atomic E-state index is 6.25. The van der Waals surface area contributed by atoms with Crippen molar-refractivity contribution < 1.29 is 9.47 Å². The second-order valence-corrected chi connectivity index (χ2v) is 7.66. The Morgan fingerprint density at radius 3 is 2.32 bits per heavy atom. The van der Waals surface area contributed by atoms with E-state index in [0.29, 0.717) is 5.75 Å². The van der Waals surface area contributed by atoms with Crippen molar-refractivity contribution >= 4 is 17.1 Å². The number of hydrogen-bond donors (Lipinski definition) is 1. The number of nitrogens with two attached hydrogens (primary N) is 1. The first-order valence-corrected chi connectivity index (χ1v) is 10.6. The van der Waals surface area contributed by atoms with Gasteiger partial charge in [0.1, 0.15) is 0 Å². The highest BCUT2D eigenvalue weighted by atomic mass is 16.5. The molecule has 31 heavy (non-hydrogen) atoms. The van der Waals surface area contributed by atoms with Crippen LogP contribution in [0.3, 0.4) is 0 Å². The molecule has 3 aromatic carbocycles. The fourth-order valence-corrected chi connectivity index (χ4v) is 4.17. The lowest BCUT2D eigenvalue weighted by Gasteiger charge is -2.27. The standard InChI is InChI=1S/C26H29N3O2/c1-4-29-17-20(14-19-12-8-9-13-22(19)27)28-26(18-10-6-5-7-11-18)21-15-24(30-2)25(31-3)16-23(21)29/h5-13,15-16,20H,4,14,17,27H2,1-3H3. The zero-order chi connectivity index (χ0) is 21.8. The molecule has 1 unspecified atom stereocenters. The molecular weight excluding hydrogens is 386 g/mol. The number of rotatable bonds is 6. The normalized spacial score (nSPS) is 15.6. The number of benzene rings is 3. The van der Waals surface area contributed by atoms with Crippen LogP contribution in [0.5, 0.6) is 11.5 Å². The monoisotopic (exact) mass is 415 g/mol. The predicted octanol–water partition coefficient (Wildman–Crippen LogP) is 4.57. The lowest BCUT2D eigenvalue weighted by atomic mass is 9.99. The van der Waals surface area contributed by atoms with Gasteiger partial charge in [-0.3, -0.25) is 4.99 Å². The van der Waals surface area contributed by atoms with Crippen LogP contribution >= 0.6 is 0 Å². The highest BCUT2D eigenvalue weighted by Crippen LogP contribution is 2.38. The Morgan fingerprint density at radius 1 is 0.968 bits per heavy atom. The largest absolute Gasteiger partial charge is 0.493 e. The molecule has 160 valence electrons. The van der Waals surface area contributed by atoms with Crippen LogP contribution in [-0.4, -0.2) is 39.1 Å². The molecule has 0 amide bonds. The smallest absolute Gasteiger partial charge is 0.162 e. The van der Waals surface area contributed by atoms with Crippen molar-refractivity contribution in [3.8, 4) is 11.5 Å². The molecule has 1 heterocycles. The Hall–Kier alpha value is -3.47. The number of likely N-dealkylation sites (N-methyl/N-ethyl adjacent to an activating group) is 1. The van der Waals surface area contributed by atoms with Crippen molar-refractivity contribution in [3.05, 3.63) is 83.4 Å². The van der Waals surface area contributed by atoms with Gasteiger partial charge in [0, 0.05) is 36.0 Å². The summed E-state index contributed by atoms with van der Waals surface area (Å²) in [6.45, 7) is 3.83. The third-order valence-corrected chi connectivity index (χ3v) is 5.78. The van der Waals surface area contributed by atoms with Gasteiger partial charge in [-0.05, 0) is 31.0 Å². The maximum atomic E-state index is 6.25. The molecule has 1 aliphatic heterocycles. The summed E-state index contributed by atoms with van der Waals surface area (Å²) in [7, 11) is 3.34. The number of hydrogen-bond acceptors (Lipinski definition) is 5. The highest BCUT2D eigenvalue weighted by molar-refractivity contribution is 6.16. The van der Waals surface area contributed by atoms with Gasteiger partial charge in [-0.15, -0.1) is 0 Å². The molecule has 0 aromatic heterocycles. The summed E-state index contributed by atoms with van der Waals surface area (Å²) in [5, 5.41) is 0. The average Bonchev–Trinajstić information content (AvgIpc) is 2.96. The molecule has 0 aliphatic carbocycles. The summed E-state index contributed by atoms with van der Waals surface area (Å²) in [6.07, 6.45) is 0.780. The first-order valence-electron chi connectivity index (χ1n) is 10.6. The SMILES string of the molecule is CCN1CC(Cc2ccccc2N)N=C(c2ccccc2)c2cc(OC)c(OC)cc21. The number of ether oxygens (including phenoxy) is 2. The lowest BCUT2D eigenvalue weighted by molar-refractivity contribution is 0.355. The summed E-state index contributed by atoms with van der Waals surface area (Å²) in [5.41, 5.74) is 12.4. The minimum absolute atomic E-state index is 0.0595. The van der Waals surface area contributed by atoms with Crippen molar-refractivity contribution in [1.82, 2.24) is 0 Å². The van der Waals surface area contributed by atoms with Crippen LogP contribution in [0, 0.1) is 0 Å². The minimum Gasteiger partial charge on any atom is -0.493 e. The van der Waals surface area contributed by atoms with Crippen LogP contribution < -0.4 is 20.1 Å². The summed E-state index contributed by atoms with van der Waals surface area (Å²) in [6, 6.07) is 22.5. The molecular formula is C26H29N3O2. The molecule has 0 bridgehead atoms. The van der Waals surface area contributed by atoms with Gasteiger partial charge in [0.2, 0.25) is 0 Å². The Bertz CT molecular complexity index is 1080. The van der Waals surface area contributed by atoms with Crippen LogP contribution in [0.25, 0.3) is 0 Å². The number of benzodiazepines with no additional fused rings is 1. The van der Waals surface area contributed by atoms with Gasteiger partial charge in [0.05, 0.1) is 31.7 Å². The van der Waals surface area contributed by atoms with Crippen molar-refractivity contribution in [1.29, 1.82) is 0 Å². The molecule has 0 radical (unpaired) electrons. The van der Waals surface area contributed by atoms with Crippen molar-refractivity contribution in [2.75, 3.05) is 37.9 Å². The number of nitrogens with zero attached hydrogens (tertiary/aromatic N) is 2. The van der Waals surface area contributed by atoms with E-state index in [2.05, 4.69) is 36.1 Å². The lowest BCUT2D eigenvalue weighted by Crippen LogP contribution is -2.32. The van der Waals surface area contributed by atoms with Gasteiger partial charge in [0.15, 0.2) is 11.5 Å². The molecule has 0 saturated heterocycles. The van der Waals surface area contributed by atoms with Gasteiger partial charge in [-0.25, -0.2) is 0 Å². The fraction of sp³-hybridized carbons (Fsp3) is 0.269. The number of para-hydroxylation sites is 1. The number of methoxy groups -OCH3 is 2. The Kier molecular flexibility index (Phi) is 6.12. The van der Waals surface area contributed by atoms with Gasteiger partial charge in [-0.1, -0.05) is 48.5 Å². The van der Waals surface area contributed by atoms with Gasteiger partial charge in [0.25, 0.3) is 0 Å². The molecule has 4 rings (SSSR count). The molecule has 5 heteroatoms. The predicted molar refractivity (Wildman–Crippen MR) is 128 cm³/mol. The number of nitrogen functional groups attached to an aromatic ring is 1. The van der Waals surface area contributed by atoms with Crippen LogP contribution in [0.2, 0.25) is 0 Å². The Labute approximate surface area is 184 Å².